The molecule has 0 saturated carbocycles. The predicted octanol–water partition coefficient (Wildman–Crippen LogP) is 2.56. The first-order valence-electron chi connectivity index (χ1n) is 7.74. The summed E-state index contributed by atoms with van der Waals surface area (Å²) in [5.41, 5.74) is 0.762. The summed E-state index contributed by atoms with van der Waals surface area (Å²) in [6.07, 6.45) is -0.387. The molecule has 9 heteroatoms. The van der Waals surface area contributed by atoms with Crippen molar-refractivity contribution in [2.75, 3.05) is 17.7 Å². The van der Waals surface area contributed by atoms with E-state index in [-0.39, 0.29) is 11.3 Å². The molecule has 0 aromatic heterocycles. The topological polar surface area (TPSA) is 113 Å². The van der Waals surface area contributed by atoms with Gasteiger partial charge in [0.15, 0.2) is 16.4 Å². The fourth-order valence-corrected chi connectivity index (χ4v) is 3.41. The maximum atomic E-state index is 12.1. The van der Waals surface area contributed by atoms with Gasteiger partial charge in [-0.25, -0.2) is 8.42 Å². The van der Waals surface area contributed by atoms with Crippen LogP contribution in [0, 0.1) is 11.3 Å². The van der Waals surface area contributed by atoms with Crippen molar-refractivity contribution in [2.45, 2.75) is 11.3 Å². The summed E-state index contributed by atoms with van der Waals surface area (Å²) in [5, 5.41) is 11.7. The van der Waals surface area contributed by atoms with Gasteiger partial charge < -0.3 is 10.1 Å². The van der Waals surface area contributed by atoms with Crippen molar-refractivity contribution in [1.29, 1.82) is 5.26 Å². The average Bonchev–Trinajstić information content (AvgIpc) is 2.65. The first kappa shape index (κ1) is 20.4. The van der Waals surface area contributed by atoms with Gasteiger partial charge in [-0.3, -0.25) is 9.59 Å². The molecule has 1 N–H and O–H groups in total. The van der Waals surface area contributed by atoms with Crippen molar-refractivity contribution in [3.05, 3.63) is 59.1 Å². The third kappa shape index (κ3) is 6.40. The fraction of sp³-hybridized carbons (Fsp3) is 0.167. The number of nitriles is 1. The Balaban J connectivity index is 1.81. The summed E-state index contributed by atoms with van der Waals surface area (Å²) in [7, 11) is -3.66. The highest BCUT2D eigenvalue weighted by molar-refractivity contribution is 7.91. The molecule has 1 amide bonds. The van der Waals surface area contributed by atoms with Crippen molar-refractivity contribution in [2.24, 2.45) is 0 Å². The van der Waals surface area contributed by atoms with Gasteiger partial charge in [0, 0.05) is 10.7 Å². The lowest BCUT2D eigenvalue weighted by Crippen LogP contribution is -2.22. The molecule has 0 bridgehead atoms. The van der Waals surface area contributed by atoms with Crippen LogP contribution in [-0.2, 0) is 24.2 Å². The number of nitrogens with one attached hydrogen (secondary N) is 1. The zero-order valence-electron chi connectivity index (χ0n) is 14.0. The molecule has 0 heterocycles. The Morgan fingerprint density at radius 1 is 1.15 bits per heavy atom. The van der Waals surface area contributed by atoms with Crippen molar-refractivity contribution in [1.82, 2.24) is 0 Å². The van der Waals surface area contributed by atoms with E-state index >= 15 is 0 Å². The number of halogens is 1. The molecule has 0 aliphatic carbocycles. The summed E-state index contributed by atoms with van der Waals surface area (Å²) in [4.78, 5) is 23.5. The number of carbonyl (C=O) groups is 2. The lowest BCUT2D eigenvalue weighted by atomic mass is 10.2. The lowest BCUT2D eigenvalue weighted by molar-refractivity contribution is -0.146. The highest BCUT2D eigenvalue weighted by atomic mass is 35.5. The van der Waals surface area contributed by atoms with Gasteiger partial charge >= 0.3 is 5.97 Å². The zero-order chi connectivity index (χ0) is 19.9. The number of anilines is 1. The van der Waals surface area contributed by atoms with E-state index in [9.17, 15) is 18.0 Å². The molecule has 27 heavy (non-hydrogen) atoms. The third-order valence-electron chi connectivity index (χ3n) is 3.39. The molecule has 2 rings (SSSR count). The highest BCUT2D eigenvalue weighted by Crippen LogP contribution is 2.16. The summed E-state index contributed by atoms with van der Waals surface area (Å²) < 4.78 is 29.0. The number of amides is 1. The number of nitrogens with zero attached hydrogens (tertiary/aromatic N) is 1. The molecular weight excluding hydrogens is 392 g/mol. The van der Waals surface area contributed by atoms with Gasteiger partial charge in [0.25, 0.3) is 5.91 Å². The zero-order valence-corrected chi connectivity index (χ0v) is 15.6. The van der Waals surface area contributed by atoms with Crippen molar-refractivity contribution >= 4 is 39.0 Å². The first-order valence-corrected chi connectivity index (χ1v) is 9.77. The molecule has 0 aliphatic heterocycles. The summed E-state index contributed by atoms with van der Waals surface area (Å²) >= 11 is 5.71. The smallest absolute Gasteiger partial charge is 0.307 e. The van der Waals surface area contributed by atoms with E-state index in [0.29, 0.717) is 16.3 Å². The maximum Gasteiger partial charge on any atom is 0.307 e. The number of carbonyl (C=O) groups excluding carboxylic acids is 2. The largest absolute Gasteiger partial charge is 0.456 e. The van der Waals surface area contributed by atoms with Crippen LogP contribution in [0.5, 0.6) is 0 Å². The highest BCUT2D eigenvalue weighted by Gasteiger charge is 2.17. The number of esters is 1. The Hall–Kier alpha value is -2.89. The Bertz CT molecular complexity index is 982. The predicted molar refractivity (Wildman–Crippen MR) is 98.9 cm³/mol. The van der Waals surface area contributed by atoms with Crippen molar-refractivity contribution in [3.8, 4) is 6.07 Å². The number of hydrogen-bond donors (Lipinski definition) is 1. The van der Waals surface area contributed by atoms with Gasteiger partial charge in [-0.05, 0) is 42.5 Å². The van der Waals surface area contributed by atoms with Crippen LogP contribution in [0.2, 0.25) is 5.02 Å². The Morgan fingerprint density at radius 3 is 2.52 bits per heavy atom. The molecule has 2 aromatic carbocycles. The summed E-state index contributed by atoms with van der Waals surface area (Å²) in [5.74, 6) is -1.85. The second-order valence-corrected chi connectivity index (χ2v) is 7.97. The number of sulfone groups is 1. The van der Waals surface area contributed by atoms with E-state index in [1.807, 2.05) is 6.07 Å². The Labute approximate surface area is 161 Å². The minimum atomic E-state index is -3.66. The minimum absolute atomic E-state index is 0.0508. The fourth-order valence-electron chi connectivity index (χ4n) is 2.06. The third-order valence-corrected chi connectivity index (χ3v) is 5.37. The van der Waals surface area contributed by atoms with Gasteiger partial charge in [-0.1, -0.05) is 17.7 Å². The average molecular weight is 407 g/mol. The number of hydrogen-bond acceptors (Lipinski definition) is 6. The van der Waals surface area contributed by atoms with Gasteiger partial charge in [0.1, 0.15) is 0 Å². The van der Waals surface area contributed by atoms with Gasteiger partial charge in [0.05, 0.1) is 28.7 Å². The molecule has 7 nitrogen and oxygen atoms in total. The minimum Gasteiger partial charge on any atom is -0.456 e. The van der Waals surface area contributed by atoms with Crippen molar-refractivity contribution in [3.63, 3.8) is 0 Å². The van der Waals surface area contributed by atoms with Crippen LogP contribution in [0.3, 0.4) is 0 Å². The van der Waals surface area contributed by atoms with Crippen LogP contribution in [0.25, 0.3) is 0 Å². The second kappa shape index (κ2) is 9.16. The summed E-state index contributed by atoms with van der Waals surface area (Å²) in [6, 6.07) is 13.8. The van der Waals surface area contributed by atoms with E-state index in [4.69, 9.17) is 21.6 Å². The quantitative estimate of drug-likeness (QED) is 0.707. The van der Waals surface area contributed by atoms with Crippen molar-refractivity contribution < 1.29 is 22.7 Å². The van der Waals surface area contributed by atoms with E-state index in [1.165, 1.54) is 30.3 Å². The van der Waals surface area contributed by atoms with Gasteiger partial charge in [-0.2, -0.15) is 5.26 Å². The Kier molecular flexibility index (Phi) is 6.93. The molecule has 0 unspecified atom stereocenters. The SMILES string of the molecule is N#Cc1cccc(NC(=O)COC(=O)CCS(=O)(=O)c2ccc(Cl)cc2)c1. The monoisotopic (exact) mass is 406 g/mol. The number of rotatable bonds is 7. The maximum absolute atomic E-state index is 12.1. The molecule has 0 spiro atoms. The van der Waals surface area contributed by atoms with Crippen LogP contribution in [0.1, 0.15) is 12.0 Å². The molecule has 0 aliphatic rings. The number of benzene rings is 2. The van der Waals surface area contributed by atoms with Crippen LogP contribution in [-0.4, -0.2) is 32.7 Å². The standard InChI is InChI=1S/C18H15ClN2O5S/c19-14-4-6-16(7-5-14)27(24,25)9-8-18(23)26-12-17(22)21-15-3-1-2-13(10-15)11-20/h1-7,10H,8-9,12H2,(H,21,22). The van der Waals surface area contributed by atoms with Crippen LogP contribution < -0.4 is 5.32 Å². The molecule has 0 saturated heterocycles. The molecule has 0 fully saturated rings. The molecule has 0 radical (unpaired) electrons. The van der Waals surface area contributed by atoms with E-state index in [0.717, 1.165) is 0 Å². The molecule has 140 valence electrons. The lowest BCUT2D eigenvalue weighted by Gasteiger charge is -2.07. The Morgan fingerprint density at radius 2 is 1.85 bits per heavy atom. The van der Waals surface area contributed by atoms with Gasteiger partial charge in [0.2, 0.25) is 0 Å². The van der Waals surface area contributed by atoms with E-state index in [1.54, 1.807) is 18.2 Å². The van der Waals surface area contributed by atoms with E-state index < -0.39 is 34.1 Å². The normalized spacial score (nSPS) is 10.7. The van der Waals surface area contributed by atoms with E-state index in [2.05, 4.69) is 5.32 Å². The second-order valence-electron chi connectivity index (χ2n) is 5.42. The molecule has 0 atom stereocenters. The van der Waals surface area contributed by atoms with Gasteiger partial charge in [-0.15, -0.1) is 0 Å². The molecule has 2 aromatic rings. The van der Waals surface area contributed by atoms with Crippen LogP contribution in [0.15, 0.2) is 53.4 Å². The van der Waals surface area contributed by atoms with Crippen LogP contribution in [0.4, 0.5) is 5.69 Å². The summed E-state index contributed by atoms with van der Waals surface area (Å²) in [6.45, 7) is -0.559. The molecular formula is C18H15ClN2O5S. The van der Waals surface area contributed by atoms with Crippen LogP contribution >= 0.6 is 11.6 Å². The first-order chi connectivity index (χ1) is 12.8. The number of ether oxygens (including phenoxy) is 1.